The van der Waals surface area contributed by atoms with Crippen molar-refractivity contribution in [2.45, 2.75) is 0 Å². The zero-order valence-electron chi connectivity index (χ0n) is 8.44. The fourth-order valence-corrected chi connectivity index (χ4v) is 1.54. The maximum atomic E-state index is 9.72. The predicted molar refractivity (Wildman–Crippen MR) is 58.6 cm³/mol. The van der Waals surface area contributed by atoms with Gasteiger partial charge < -0.3 is 5.11 Å². The van der Waals surface area contributed by atoms with E-state index in [0.717, 1.165) is 11.1 Å². The molecule has 1 nitrogen and oxygen atoms in total. The molecule has 15 heavy (non-hydrogen) atoms. The first-order chi connectivity index (χ1) is 6.79. The summed E-state index contributed by atoms with van der Waals surface area (Å²) in [5.41, 5.74) is 1.73. The molecule has 0 aliphatic rings. The summed E-state index contributed by atoms with van der Waals surface area (Å²) in [4.78, 5) is 0. The molecule has 2 aromatic rings. The van der Waals surface area contributed by atoms with Gasteiger partial charge in [-0.1, -0.05) is 54.1 Å². The van der Waals surface area contributed by atoms with Crippen molar-refractivity contribution in [3.05, 3.63) is 53.6 Å². The van der Waals surface area contributed by atoms with Crippen LogP contribution >= 0.6 is 11.6 Å². The van der Waals surface area contributed by atoms with Gasteiger partial charge in [-0.05, 0) is 11.6 Å². The van der Waals surface area contributed by atoms with E-state index in [1.54, 1.807) is 6.07 Å². The molecule has 0 radical (unpaired) electrons. The standard InChI is InChI=1S/C12H9ClO.Na/c13-11-8-4-7-10(12(11)14)9-5-2-1-3-6-9;/h1-8,14H;/q;+1. The number of benzene rings is 2. The van der Waals surface area contributed by atoms with Crippen LogP contribution < -0.4 is 29.6 Å². The van der Waals surface area contributed by atoms with Gasteiger partial charge >= 0.3 is 29.6 Å². The Labute approximate surface area is 116 Å². The third-order valence-electron chi connectivity index (χ3n) is 2.07. The summed E-state index contributed by atoms with van der Waals surface area (Å²) in [7, 11) is 0. The molecule has 0 aliphatic carbocycles. The first-order valence-electron chi connectivity index (χ1n) is 4.32. The number of hydrogen-bond acceptors (Lipinski definition) is 1. The maximum absolute atomic E-state index is 9.72. The molecule has 0 saturated heterocycles. The summed E-state index contributed by atoms with van der Waals surface area (Å²) in [5.74, 6) is 0.139. The van der Waals surface area contributed by atoms with Crippen molar-refractivity contribution in [1.29, 1.82) is 0 Å². The van der Waals surface area contributed by atoms with Gasteiger partial charge in [-0.25, -0.2) is 0 Å². The summed E-state index contributed by atoms with van der Waals surface area (Å²) in [6.45, 7) is 0. The molecule has 3 heteroatoms. The van der Waals surface area contributed by atoms with Gasteiger partial charge in [-0.15, -0.1) is 0 Å². The van der Waals surface area contributed by atoms with Crippen LogP contribution in [0.5, 0.6) is 5.75 Å². The van der Waals surface area contributed by atoms with Crippen molar-refractivity contribution in [3.8, 4) is 16.9 Å². The van der Waals surface area contributed by atoms with E-state index in [2.05, 4.69) is 0 Å². The fourth-order valence-electron chi connectivity index (χ4n) is 1.37. The largest absolute Gasteiger partial charge is 1.00 e. The summed E-state index contributed by atoms with van der Waals surface area (Å²) >= 11 is 5.81. The minimum absolute atomic E-state index is 0. The molecule has 2 rings (SSSR count). The van der Waals surface area contributed by atoms with E-state index in [-0.39, 0.29) is 35.3 Å². The average molecular weight is 228 g/mol. The van der Waals surface area contributed by atoms with E-state index >= 15 is 0 Å². The second-order valence-corrected chi connectivity index (χ2v) is 3.41. The molecule has 0 atom stereocenters. The van der Waals surface area contributed by atoms with E-state index in [1.165, 1.54) is 0 Å². The van der Waals surface area contributed by atoms with Crippen LogP contribution in [0.3, 0.4) is 0 Å². The van der Waals surface area contributed by atoms with Crippen LogP contribution in [0.2, 0.25) is 5.02 Å². The normalized spacial score (nSPS) is 9.40. The number of hydrogen-bond donors (Lipinski definition) is 1. The molecular formula is C12H9ClNaO+. The van der Waals surface area contributed by atoms with Crippen LogP contribution in [-0.4, -0.2) is 5.11 Å². The maximum Gasteiger partial charge on any atom is 1.00 e. The van der Waals surface area contributed by atoms with E-state index < -0.39 is 0 Å². The van der Waals surface area contributed by atoms with Crippen molar-refractivity contribution in [2.75, 3.05) is 0 Å². The van der Waals surface area contributed by atoms with Crippen LogP contribution in [0, 0.1) is 0 Å². The van der Waals surface area contributed by atoms with Crippen molar-refractivity contribution < 1.29 is 34.7 Å². The van der Waals surface area contributed by atoms with Crippen molar-refractivity contribution in [3.63, 3.8) is 0 Å². The van der Waals surface area contributed by atoms with Gasteiger partial charge in [0.05, 0.1) is 5.02 Å². The number of phenols is 1. The van der Waals surface area contributed by atoms with E-state index in [9.17, 15) is 5.11 Å². The smallest absolute Gasteiger partial charge is 0.506 e. The van der Waals surface area contributed by atoms with Crippen molar-refractivity contribution in [1.82, 2.24) is 0 Å². The van der Waals surface area contributed by atoms with Crippen molar-refractivity contribution in [2.24, 2.45) is 0 Å². The van der Waals surface area contributed by atoms with Crippen LogP contribution in [0.1, 0.15) is 0 Å². The summed E-state index contributed by atoms with van der Waals surface area (Å²) in [5, 5.41) is 10.1. The zero-order chi connectivity index (χ0) is 9.97. The molecule has 0 spiro atoms. The Morgan fingerprint density at radius 3 is 2.20 bits per heavy atom. The monoisotopic (exact) mass is 227 g/mol. The fraction of sp³-hybridized carbons (Fsp3) is 0. The van der Waals surface area contributed by atoms with Crippen LogP contribution in [0.4, 0.5) is 0 Å². The van der Waals surface area contributed by atoms with Crippen molar-refractivity contribution >= 4 is 11.6 Å². The second-order valence-electron chi connectivity index (χ2n) is 3.00. The molecule has 70 valence electrons. The molecule has 0 unspecified atom stereocenters. The third-order valence-corrected chi connectivity index (χ3v) is 2.38. The summed E-state index contributed by atoms with van der Waals surface area (Å²) < 4.78 is 0. The average Bonchev–Trinajstić information content (AvgIpc) is 2.23. The molecule has 2 aromatic carbocycles. The molecule has 1 N–H and O–H groups in total. The second kappa shape index (κ2) is 5.57. The number of para-hydroxylation sites is 1. The van der Waals surface area contributed by atoms with Gasteiger partial charge in [0.25, 0.3) is 0 Å². The van der Waals surface area contributed by atoms with Gasteiger partial charge in [0, 0.05) is 5.56 Å². The minimum Gasteiger partial charge on any atom is -0.506 e. The molecule has 0 aromatic heterocycles. The van der Waals surface area contributed by atoms with Gasteiger partial charge in [-0.3, -0.25) is 0 Å². The van der Waals surface area contributed by atoms with Crippen LogP contribution in [0.15, 0.2) is 48.5 Å². The van der Waals surface area contributed by atoms with E-state index in [4.69, 9.17) is 11.6 Å². The minimum atomic E-state index is 0. The molecule has 0 aliphatic heterocycles. The zero-order valence-corrected chi connectivity index (χ0v) is 11.2. The van der Waals surface area contributed by atoms with Gasteiger partial charge in [-0.2, -0.15) is 0 Å². The van der Waals surface area contributed by atoms with Crippen LogP contribution in [-0.2, 0) is 0 Å². The first kappa shape index (κ1) is 12.6. The Hall–Kier alpha value is -0.470. The number of aromatic hydroxyl groups is 1. The topological polar surface area (TPSA) is 20.2 Å². The summed E-state index contributed by atoms with van der Waals surface area (Å²) in [6, 6.07) is 15.0. The number of phenolic OH excluding ortho intramolecular Hbond substituents is 1. The predicted octanol–water partition coefficient (Wildman–Crippen LogP) is 0.717. The summed E-state index contributed by atoms with van der Waals surface area (Å²) in [6.07, 6.45) is 0. The van der Waals surface area contributed by atoms with Gasteiger partial charge in [0.2, 0.25) is 0 Å². The Kier molecular flexibility index (Phi) is 4.68. The molecular weight excluding hydrogens is 219 g/mol. The molecule has 0 amide bonds. The number of rotatable bonds is 1. The Bertz CT molecular complexity index is 443. The Morgan fingerprint density at radius 2 is 1.53 bits per heavy atom. The Balaban J connectivity index is 0.00000112. The first-order valence-corrected chi connectivity index (χ1v) is 4.70. The molecule has 0 saturated carbocycles. The number of halogens is 1. The van der Waals surface area contributed by atoms with Gasteiger partial charge in [0.15, 0.2) is 0 Å². The SMILES string of the molecule is Oc1c(Cl)cccc1-c1ccccc1.[Na+]. The third kappa shape index (κ3) is 2.76. The molecule has 0 fully saturated rings. The van der Waals surface area contributed by atoms with Crippen LogP contribution in [0.25, 0.3) is 11.1 Å². The van der Waals surface area contributed by atoms with E-state index in [1.807, 2.05) is 42.5 Å². The Morgan fingerprint density at radius 1 is 0.867 bits per heavy atom. The van der Waals surface area contributed by atoms with E-state index in [0.29, 0.717) is 5.02 Å². The quantitative estimate of drug-likeness (QED) is 0.712. The molecule has 0 heterocycles. The van der Waals surface area contributed by atoms with Gasteiger partial charge in [0.1, 0.15) is 5.75 Å². The molecule has 0 bridgehead atoms.